The first kappa shape index (κ1) is 12.3. The third-order valence-electron chi connectivity index (χ3n) is 2.49. The van der Waals surface area contributed by atoms with Gasteiger partial charge in [0, 0.05) is 12.8 Å². The highest BCUT2D eigenvalue weighted by Gasteiger charge is 2.13. The first-order chi connectivity index (χ1) is 8.36. The highest BCUT2D eigenvalue weighted by Crippen LogP contribution is 2.14. The molecule has 17 heavy (non-hydrogen) atoms. The number of nitrogens with zero attached hydrogens (tertiary/aromatic N) is 1. The summed E-state index contributed by atoms with van der Waals surface area (Å²) in [4.78, 5) is 3.78. The van der Waals surface area contributed by atoms with Gasteiger partial charge in [-0.1, -0.05) is 0 Å². The highest BCUT2D eigenvalue weighted by molar-refractivity contribution is 5.12. The van der Waals surface area contributed by atoms with Gasteiger partial charge < -0.3 is 14.2 Å². The third-order valence-corrected chi connectivity index (χ3v) is 2.49. The number of hydrogen-bond donors (Lipinski definition) is 0. The van der Waals surface area contributed by atoms with Crippen LogP contribution in [-0.2, 0) is 9.47 Å². The first-order valence-electron chi connectivity index (χ1n) is 5.83. The van der Waals surface area contributed by atoms with E-state index in [1.54, 1.807) is 0 Å². The number of hydrogen-bond acceptors (Lipinski definition) is 4. The zero-order valence-electron chi connectivity index (χ0n) is 9.60. The van der Waals surface area contributed by atoms with Crippen molar-refractivity contribution in [2.45, 2.75) is 25.6 Å². The number of ether oxygens (including phenoxy) is 3. The standard InChI is InChI=1S/C12H16FNO3/c13-10-4-3-6-14-12(10)17-9-8-16-11-5-1-2-7-15-11/h3-4,6,11H,1-2,5,7-9H2. The molecule has 1 aliphatic rings. The van der Waals surface area contributed by atoms with Gasteiger partial charge in [0.15, 0.2) is 12.1 Å². The van der Waals surface area contributed by atoms with Crippen LogP contribution in [0.1, 0.15) is 19.3 Å². The summed E-state index contributed by atoms with van der Waals surface area (Å²) in [5, 5.41) is 0. The minimum Gasteiger partial charge on any atom is -0.473 e. The van der Waals surface area contributed by atoms with Gasteiger partial charge in [0.2, 0.25) is 5.88 Å². The van der Waals surface area contributed by atoms with E-state index in [9.17, 15) is 4.39 Å². The number of rotatable bonds is 5. The molecule has 0 aromatic carbocycles. The molecule has 1 aliphatic heterocycles. The summed E-state index contributed by atoms with van der Waals surface area (Å²) >= 11 is 0. The van der Waals surface area contributed by atoms with Crippen LogP contribution in [0.4, 0.5) is 4.39 Å². The molecule has 5 heteroatoms. The highest BCUT2D eigenvalue weighted by atomic mass is 19.1. The van der Waals surface area contributed by atoms with E-state index in [0.717, 1.165) is 25.9 Å². The average molecular weight is 241 g/mol. The molecule has 0 bridgehead atoms. The Morgan fingerprint density at radius 1 is 1.41 bits per heavy atom. The minimum absolute atomic E-state index is 0.0145. The van der Waals surface area contributed by atoms with Crippen molar-refractivity contribution in [1.29, 1.82) is 0 Å². The molecule has 2 heterocycles. The molecule has 94 valence electrons. The van der Waals surface area contributed by atoms with Crippen LogP contribution < -0.4 is 4.74 Å². The fraction of sp³-hybridized carbons (Fsp3) is 0.583. The largest absolute Gasteiger partial charge is 0.473 e. The SMILES string of the molecule is Fc1cccnc1OCCOC1CCCCO1. The Hall–Kier alpha value is -1.20. The maximum Gasteiger partial charge on any atom is 0.250 e. The van der Waals surface area contributed by atoms with Gasteiger partial charge in [-0.2, -0.15) is 0 Å². The molecule has 4 nitrogen and oxygen atoms in total. The van der Waals surface area contributed by atoms with E-state index in [4.69, 9.17) is 14.2 Å². The van der Waals surface area contributed by atoms with Crippen molar-refractivity contribution < 1.29 is 18.6 Å². The van der Waals surface area contributed by atoms with Crippen molar-refractivity contribution in [3.63, 3.8) is 0 Å². The Bertz CT molecular complexity index is 342. The zero-order chi connectivity index (χ0) is 11.9. The van der Waals surface area contributed by atoms with E-state index in [-0.39, 0.29) is 18.8 Å². The lowest BCUT2D eigenvalue weighted by atomic mass is 10.2. The molecule has 1 aromatic rings. The molecule has 0 amide bonds. The second-order valence-corrected chi connectivity index (χ2v) is 3.81. The van der Waals surface area contributed by atoms with Crippen molar-refractivity contribution in [3.8, 4) is 5.88 Å². The molecule has 0 saturated carbocycles. The summed E-state index contributed by atoms with van der Waals surface area (Å²) in [5.74, 6) is -0.443. The molecule has 0 N–H and O–H groups in total. The molecular weight excluding hydrogens is 225 g/mol. The van der Waals surface area contributed by atoms with Gasteiger partial charge in [-0.05, 0) is 31.4 Å². The third kappa shape index (κ3) is 3.94. The lowest BCUT2D eigenvalue weighted by Crippen LogP contribution is -2.24. The lowest BCUT2D eigenvalue weighted by Gasteiger charge is -2.22. The fourth-order valence-corrected chi connectivity index (χ4v) is 1.64. The number of aromatic nitrogens is 1. The Labute approximate surface area is 99.7 Å². The van der Waals surface area contributed by atoms with Gasteiger partial charge in [0.1, 0.15) is 6.61 Å². The second kappa shape index (κ2) is 6.51. The van der Waals surface area contributed by atoms with Crippen LogP contribution in [0.5, 0.6) is 5.88 Å². The van der Waals surface area contributed by atoms with E-state index in [1.165, 1.54) is 18.3 Å². The quantitative estimate of drug-likeness (QED) is 0.740. The van der Waals surface area contributed by atoms with Crippen LogP contribution in [0.25, 0.3) is 0 Å². The van der Waals surface area contributed by atoms with Crippen LogP contribution >= 0.6 is 0 Å². The van der Waals surface area contributed by atoms with Gasteiger partial charge in [0.05, 0.1) is 6.61 Å². The van der Waals surface area contributed by atoms with Gasteiger partial charge in [0.25, 0.3) is 0 Å². The van der Waals surface area contributed by atoms with Crippen molar-refractivity contribution in [2.24, 2.45) is 0 Å². The fourth-order valence-electron chi connectivity index (χ4n) is 1.64. The van der Waals surface area contributed by atoms with Crippen molar-refractivity contribution in [2.75, 3.05) is 19.8 Å². The van der Waals surface area contributed by atoms with E-state index >= 15 is 0 Å². The van der Waals surface area contributed by atoms with Crippen LogP contribution in [0.15, 0.2) is 18.3 Å². The summed E-state index contributed by atoms with van der Waals surface area (Å²) < 4.78 is 29.1. The molecule has 1 fully saturated rings. The molecule has 1 unspecified atom stereocenters. The average Bonchev–Trinajstić information content (AvgIpc) is 2.38. The maximum atomic E-state index is 13.1. The van der Waals surface area contributed by atoms with E-state index in [1.807, 2.05) is 0 Å². The smallest absolute Gasteiger partial charge is 0.250 e. The molecule has 1 atom stereocenters. The summed E-state index contributed by atoms with van der Waals surface area (Å²) in [6, 6.07) is 2.84. The van der Waals surface area contributed by atoms with Gasteiger partial charge >= 0.3 is 0 Å². The van der Waals surface area contributed by atoms with E-state index < -0.39 is 5.82 Å². The molecular formula is C12H16FNO3. The van der Waals surface area contributed by atoms with E-state index in [0.29, 0.717) is 6.61 Å². The van der Waals surface area contributed by atoms with E-state index in [2.05, 4.69) is 4.98 Å². The van der Waals surface area contributed by atoms with Crippen LogP contribution in [-0.4, -0.2) is 31.1 Å². The predicted molar refractivity (Wildman–Crippen MR) is 59.2 cm³/mol. The second-order valence-electron chi connectivity index (χ2n) is 3.81. The van der Waals surface area contributed by atoms with Gasteiger partial charge in [-0.3, -0.25) is 0 Å². The first-order valence-corrected chi connectivity index (χ1v) is 5.83. The molecule has 2 rings (SSSR count). The zero-order valence-corrected chi connectivity index (χ0v) is 9.60. The predicted octanol–water partition coefficient (Wildman–Crippen LogP) is 2.14. The Morgan fingerprint density at radius 2 is 2.35 bits per heavy atom. The molecule has 0 aliphatic carbocycles. The summed E-state index contributed by atoms with van der Waals surface area (Å²) in [7, 11) is 0. The number of halogens is 1. The van der Waals surface area contributed by atoms with Crippen molar-refractivity contribution >= 4 is 0 Å². The molecule has 1 saturated heterocycles. The molecule has 0 radical (unpaired) electrons. The Kier molecular flexibility index (Phi) is 4.70. The monoisotopic (exact) mass is 241 g/mol. The summed E-state index contributed by atoms with van der Waals surface area (Å²) in [5.41, 5.74) is 0. The Morgan fingerprint density at radius 3 is 3.12 bits per heavy atom. The van der Waals surface area contributed by atoms with Crippen LogP contribution in [0.2, 0.25) is 0 Å². The molecule has 0 spiro atoms. The number of pyridine rings is 1. The van der Waals surface area contributed by atoms with Crippen LogP contribution in [0, 0.1) is 5.82 Å². The normalized spacial score (nSPS) is 20.2. The van der Waals surface area contributed by atoms with Crippen molar-refractivity contribution in [1.82, 2.24) is 4.98 Å². The van der Waals surface area contributed by atoms with Crippen LogP contribution in [0.3, 0.4) is 0 Å². The summed E-state index contributed by atoms with van der Waals surface area (Å²) in [6.07, 6.45) is 4.48. The minimum atomic E-state index is -0.457. The molecule has 1 aromatic heterocycles. The Balaban J connectivity index is 1.64. The summed E-state index contributed by atoms with van der Waals surface area (Å²) in [6.45, 7) is 1.40. The van der Waals surface area contributed by atoms with Crippen molar-refractivity contribution in [3.05, 3.63) is 24.1 Å². The topological polar surface area (TPSA) is 40.6 Å². The van der Waals surface area contributed by atoms with Gasteiger partial charge in [-0.15, -0.1) is 0 Å². The lowest BCUT2D eigenvalue weighted by molar-refractivity contribution is -0.165. The van der Waals surface area contributed by atoms with Gasteiger partial charge in [-0.25, -0.2) is 9.37 Å². The maximum absolute atomic E-state index is 13.1.